The van der Waals surface area contributed by atoms with Crippen molar-refractivity contribution in [2.75, 3.05) is 0 Å². The van der Waals surface area contributed by atoms with E-state index in [1.165, 1.54) is 22.3 Å². The summed E-state index contributed by atoms with van der Waals surface area (Å²) in [5.74, 6) is 2.74. The molecule has 0 aliphatic carbocycles. The molecular formula is C32H48Mo4S4-8. The van der Waals surface area contributed by atoms with Gasteiger partial charge in [-0.1, -0.05) is 79.1 Å². The van der Waals surface area contributed by atoms with Crippen molar-refractivity contribution in [2.24, 2.45) is 0 Å². The van der Waals surface area contributed by atoms with Gasteiger partial charge in [0.05, 0.1) is 0 Å². The fourth-order valence-electron chi connectivity index (χ4n) is 3.10. The van der Waals surface area contributed by atoms with Gasteiger partial charge in [0.25, 0.3) is 0 Å². The van der Waals surface area contributed by atoms with Gasteiger partial charge in [0.1, 0.15) is 0 Å². The molecule has 232 valence electrons. The van der Waals surface area contributed by atoms with Gasteiger partial charge in [0.2, 0.25) is 0 Å². The summed E-state index contributed by atoms with van der Waals surface area (Å²) in [5.41, 5.74) is 5.74. The summed E-state index contributed by atoms with van der Waals surface area (Å²) in [6.07, 6.45) is 0. The van der Waals surface area contributed by atoms with E-state index in [1.54, 1.807) is 0 Å². The Morgan fingerprint density at radius 2 is 0.375 bits per heavy atom. The van der Waals surface area contributed by atoms with Crippen molar-refractivity contribution in [3.05, 3.63) is 119 Å². The molecule has 0 aliphatic rings. The first-order valence-electron chi connectivity index (χ1n) is 12.1. The maximum atomic E-state index is 2.20. The van der Waals surface area contributed by atoms with Crippen LogP contribution in [0.3, 0.4) is 0 Å². The summed E-state index contributed by atoms with van der Waals surface area (Å²) in [5, 5.41) is 0. The number of hydrogen-bond acceptors (Lipinski definition) is 4. The van der Waals surface area contributed by atoms with Crippen LogP contribution in [0, 0.1) is 0 Å². The SMILES string of the molecule is CC(C)[c-]1cccc1.CC(C)[c-]1cccc1.CC(C)[c-]1cccc1.CC(C)[c-]1cccc1.[Mo].[Mo].[Mo].[Mo].[SH-].[SH-].[SH-].[SH-]. The molecule has 0 N–H and O–H groups in total. The minimum Gasteiger partial charge on any atom is -0.813 e. The molecular weight excluding hydrogens is 896 g/mol. The van der Waals surface area contributed by atoms with Gasteiger partial charge in [0.15, 0.2) is 0 Å². The third kappa shape index (κ3) is 28.3. The maximum Gasteiger partial charge on any atom is 0 e. The van der Waals surface area contributed by atoms with E-state index in [1.807, 2.05) is 0 Å². The minimum atomic E-state index is 0. The minimum absolute atomic E-state index is 0. The van der Waals surface area contributed by atoms with Crippen LogP contribution in [0.25, 0.3) is 0 Å². The first-order valence-corrected chi connectivity index (χ1v) is 12.1. The van der Waals surface area contributed by atoms with Crippen molar-refractivity contribution in [2.45, 2.75) is 79.1 Å². The largest absolute Gasteiger partial charge is 0.813 e. The van der Waals surface area contributed by atoms with Crippen LogP contribution < -0.4 is 0 Å². The monoisotopic (exact) mass is 952 g/mol. The van der Waals surface area contributed by atoms with Crippen LogP contribution in [0.5, 0.6) is 0 Å². The molecule has 0 nitrogen and oxygen atoms in total. The van der Waals surface area contributed by atoms with Gasteiger partial charge in [-0.25, -0.2) is 48.5 Å². The second-order valence-corrected chi connectivity index (χ2v) is 9.49. The van der Waals surface area contributed by atoms with E-state index in [2.05, 4.69) is 152 Å². The zero-order valence-electron chi connectivity index (χ0n) is 25.0. The van der Waals surface area contributed by atoms with Crippen molar-refractivity contribution in [3.63, 3.8) is 0 Å². The topological polar surface area (TPSA) is 0 Å². The van der Waals surface area contributed by atoms with E-state index < -0.39 is 0 Å². The standard InChI is InChI=1S/4C8H11.4Mo.4H2S/c4*1-7(2)8-5-3-4-6-8;;;;;;;;/h4*3-7H,1-2H3;;;;;4*1H2/q4*-1;;;;;;;;/p-4. The van der Waals surface area contributed by atoms with E-state index in [-0.39, 0.29) is 138 Å². The van der Waals surface area contributed by atoms with Crippen LogP contribution in [0.1, 0.15) is 101 Å². The predicted octanol–water partition coefficient (Wildman–Crippen LogP) is 9.03. The summed E-state index contributed by atoms with van der Waals surface area (Å²) < 4.78 is 0. The third-order valence-electron chi connectivity index (χ3n) is 5.42. The molecule has 0 amide bonds. The number of hydrogen-bond donors (Lipinski definition) is 0. The average molecular weight is 945 g/mol. The van der Waals surface area contributed by atoms with Crippen LogP contribution in [0.15, 0.2) is 97.1 Å². The second kappa shape index (κ2) is 36.7. The molecule has 0 aliphatic heterocycles. The Hall–Kier alpha value is 1.55. The van der Waals surface area contributed by atoms with E-state index in [4.69, 9.17) is 0 Å². The van der Waals surface area contributed by atoms with Crippen molar-refractivity contribution in [1.29, 1.82) is 0 Å². The van der Waals surface area contributed by atoms with Crippen molar-refractivity contribution < 1.29 is 84.3 Å². The van der Waals surface area contributed by atoms with Gasteiger partial charge in [-0.15, -0.1) is 0 Å². The van der Waals surface area contributed by atoms with Crippen molar-refractivity contribution >= 4 is 54.0 Å². The van der Waals surface area contributed by atoms with Gasteiger partial charge >= 0.3 is 0 Å². The number of thiol groups is 4. The normalized spacial score (nSPS) is 8.30. The van der Waals surface area contributed by atoms with Gasteiger partial charge in [-0.05, 0) is 0 Å². The third-order valence-corrected chi connectivity index (χ3v) is 5.42. The van der Waals surface area contributed by atoms with E-state index in [0.717, 1.165) is 0 Å². The molecule has 0 radical (unpaired) electrons. The van der Waals surface area contributed by atoms with Crippen LogP contribution in [-0.4, -0.2) is 0 Å². The van der Waals surface area contributed by atoms with E-state index in [9.17, 15) is 0 Å². The average Bonchev–Trinajstić information content (AvgIpc) is 3.56. The summed E-state index contributed by atoms with van der Waals surface area (Å²) in [6.45, 7) is 17.6. The first kappa shape index (κ1) is 60.7. The summed E-state index contributed by atoms with van der Waals surface area (Å²) in [4.78, 5) is 0. The van der Waals surface area contributed by atoms with Crippen molar-refractivity contribution in [3.8, 4) is 0 Å². The Balaban J connectivity index is -0.0000000533. The fourth-order valence-corrected chi connectivity index (χ4v) is 3.10. The summed E-state index contributed by atoms with van der Waals surface area (Å²) >= 11 is 0. The zero-order chi connectivity index (χ0) is 23.9. The van der Waals surface area contributed by atoms with Gasteiger partial charge in [-0.2, -0.15) is 70.8 Å². The Labute approximate surface area is 332 Å². The Bertz CT molecular complexity index is 730. The molecule has 0 bridgehead atoms. The van der Waals surface area contributed by atoms with Crippen LogP contribution in [0.2, 0.25) is 0 Å². The number of rotatable bonds is 4. The molecule has 0 aromatic heterocycles. The molecule has 0 saturated heterocycles. The molecule has 0 fully saturated rings. The van der Waals surface area contributed by atoms with E-state index >= 15 is 0 Å². The van der Waals surface area contributed by atoms with Crippen LogP contribution in [0.4, 0.5) is 0 Å². The maximum absolute atomic E-state index is 2.20. The first-order chi connectivity index (χ1) is 15.2. The molecule has 4 aromatic carbocycles. The second-order valence-electron chi connectivity index (χ2n) is 9.49. The van der Waals surface area contributed by atoms with Crippen LogP contribution >= 0.6 is 0 Å². The zero-order valence-corrected chi connectivity index (χ0v) is 36.6. The summed E-state index contributed by atoms with van der Waals surface area (Å²) in [7, 11) is 0. The Morgan fingerprint density at radius 3 is 0.425 bits per heavy atom. The predicted molar refractivity (Wildman–Crippen MR) is 180 cm³/mol. The molecule has 40 heavy (non-hydrogen) atoms. The van der Waals surface area contributed by atoms with Crippen molar-refractivity contribution in [1.82, 2.24) is 0 Å². The molecule has 0 spiro atoms. The van der Waals surface area contributed by atoms with Crippen LogP contribution in [-0.2, 0) is 138 Å². The molecule has 8 heteroatoms. The molecule has 0 saturated carbocycles. The quantitative estimate of drug-likeness (QED) is 0.0868. The Morgan fingerprint density at radius 1 is 0.275 bits per heavy atom. The summed E-state index contributed by atoms with van der Waals surface area (Å²) in [6, 6.07) is 33.9. The van der Waals surface area contributed by atoms with Gasteiger partial charge in [0, 0.05) is 84.3 Å². The van der Waals surface area contributed by atoms with E-state index in [0.29, 0.717) is 23.7 Å². The molecule has 0 unspecified atom stereocenters. The van der Waals surface area contributed by atoms with Gasteiger partial charge < -0.3 is 54.0 Å². The smallest absolute Gasteiger partial charge is 0 e. The molecule has 4 rings (SSSR count). The molecule has 0 atom stereocenters. The fraction of sp³-hybridized carbons (Fsp3) is 0.375. The van der Waals surface area contributed by atoms with Gasteiger partial charge in [-0.3, -0.25) is 0 Å². The molecule has 4 aromatic rings. The Kier molecular flexibility index (Phi) is 55.8. The molecule has 0 heterocycles.